The zero-order valence-corrected chi connectivity index (χ0v) is 19.7. The Kier molecular flexibility index (Phi) is 23.8. The van der Waals surface area contributed by atoms with Crippen LogP contribution in [0.15, 0.2) is 91.4 Å². The maximum atomic E-state index is 11.3. The second kappa shape index (κ2) is 23.1. The van der Waals surface area contributed by atoms with Gasteiger partial charge < -0.3 is 4.74 Å². The number of ether oxygens (including phenoxy) is 1. The molecule has 0 saturated heterocycles. The van der Waals surface area contributed by atoms with Gasteiger partial charge in [-0.2, -0.15) is 8.42 Å². The van der Waals surface area contributed by atoms with Gasteiger partial charge in [0.15, 0.2) is 0 Å². The molecule has 2 aromatic rings. The number of hydrogen-bond acceptors (Lipinski definition) is 4. The summed E-state index contributed by atoms with van der Waals surface area (Å²) < 4.78 is 32.9. The van der Waals surface area contributed by atoms with Crippen molar-refractivity contribution >= 4 is 47.9 Å². The first-order valence-electron chi connectivity index (χ1n) is 10.8. The molecule has 4 nitrogen and oxygen atoms in total. The van der Waals surface area contributed by atoms with Gasteiger partial charge in [-0.25, -0.2) is 0 Å². The van der Waals surface area contributed by atoms with Crippen molar-refractivity contribution in [2.24, 2.45) is 0 Å². The van der Waals surface area contributed by atoms with Gasteiger partial charge in [-0.3, -0.25) is 4.18 Å². The molecule has 0 bridgehead atoms. The zero-order valence-electron chi connectivity index (χ0n) is 18.9. The van der Waals surface area contributed by atoms with E-state index in [-0.39, 0.29) is 49.2 Å². The van der Waals surface area contributed by atoms with E-state index in [9.17, 15) is 8.42 Å². The van der Waals surface area contributed by atoms with Crippen molar-refractivity contribution in [1.82, 2.24) is 0 Å². The number of benzene rings is 2. The van der Waals surface area contributed by atoms with E-state index < -0.39 is 10.1 Å². The Morgan fingerprint density at radius 2 is 1.31 bits per heavy atom. The zero-order chi connectivity index (χ0) is 23.2. The summed E-state index contributed by atoms with van der Waals surface area (Å²) in [5, 5.41) is 0. The molecule has 0 fully saturated rings. The third-order valence-electron chi connectivity index (χ3n) is 4.13. The molecule has 0 aliphatic rings. The summed E-state index contributed by atoms with van der Waals surface area (Å²) in [5.41, 5.74) is 0. The van der Waals surface area contributed by atoms with Gasteiger partial charge in [0.1, 0.15) is 5.75 Å². The van der Waals surface area contributed by atoms with Crippen molar-refractivity contribution in [2.75, 3.05) is 13.2 Å². The van der Waals surface area contributed by atoms with Crippen molar-refractivity contribution in [3.8, 4) is 5.75 Å². The van der Waals surface area contributed by atoms with Crippen molar-refractivity contribution in [3.63, 3.8) is 0 Å². The van der Waals surface area contributed by atoms with E-state index in [4.69, 9.17) is 4.74 Å². The van der Waals surface area contributed by atoms with Crippen LogP contribution in [0.25, 0.3) is 0 Å². The molecule has 2 rings (SSSR count). The number of para-hydroxylation sites is 1. The second-order valence-corrected chi connectivity index (χ2v) is 8.24. The van der Waals surface area contributed by atoms with Gasteiger partial charge >= 0.3 is 37.7 Å². The van der Waals surface area contributed by atoms with E-state index in [0.717, 1.165) is 12.4 Å². The molecule has 0 radical (unpaired) electrons. The predicted molar refractivity (Wildman–Crippen MR) is 140 cm³/mol. The Balaban J connectivity index is 0. The van der Waals surface area contributed by atoms with Crippen LogP contribution in [0.4, 0.5) is 0 Å². The Hall–Kier alpha value is -1.11. The Morgan fingerprint density at radius 3 is 1.84 bits per heavy atom. The van der Waals surface area contributed by atoms with Gasteiger partial charge in [0.05, 0.1) is 18.1 Å². The Morgan fingerprint density at radius 1 is 0.812 bits per heavy atom. The molecule has 176 valence electrons. The summed E-state index contributed by atoms with van der Waals surface area (Å²) in [4.78, 5) is 0.164. The van der Waals surface area contributed by atoms with Gasteiger partial charge in [0.2, 0.25) is 0 Å². The minimum absolute atomic E-state index is 0. The van der Waals surface area contributed by atoms with E-state index in [2.05, 4.69) is 30.8 Å². The topological polar surface area (TPSA) is 52.6 Å². The number of hydrogen-bond donors (Lipinski definition) is 0. The minimum atomic E-state index is -3.59. The third-order valence-corrected chi connectivity index (χ3v) is 5.43. The van der Waals surface area contributed by atoms with Gasteiger partial charge in [-0.05, 0) is 30.7 Å². The van der Waals surface area contributed by atoms with Crippen LogP contribution in [0.5, 0.6) is 5.75 Å². The summed E-state index contributed by atoms with van der Waals surface area (Å²) in [5.74, 6) is 0.994. The summed E-state index contributed by atoms with van der Waals surface area (Å²) in [7, 11) is -3.59. The average Bonchev–Trinajstić information content (AvgIpc) is 2.82. The Labute approximate surface area is 225 Å². The van der Waals surface area contributed by atoms with Crippen LogP contribution in [-0.4, -0.2) is 59.4 Å². The Bertz CT molecular complexity index is 765. The quantitative estimate of drug-likeness (QED) is 0.144. The molecule has 0 atom stereocenters. The van der Waals surface area contributed by atoms with Gasteiger partial charge in [0, 0.05) is 0 Å². The molecule has 0 spiro atoms. The maximum absolute atomic E-state index is 11.3. The predicted octanol–water partition coefficient (Wildman–Crippen LogP) is 6.28. The molecule has 0 aromatic heterocycles. The normalized spacial score (nSPS) is 9.78. The van der Waals surface area contributed by atoms with Crippen molar-refractivity contribution < 1.29 is 17.3 Å². The van der Waals surface area contributed by atoms with E-state index in [1.165, 1.54) is 63.2 Å². The summed E-state index contributed by atoms with van der Waals surface area (Å²) in [6, 6.07) is 18.1. The molecule has 0 heterocycles. The van der Waals surface area contributed by atoms with Crippen molar-refractivity contribution in [3.05, 3.63) is 86.5 Å². The fourth-order valence-electron chi connectivity index (χ4n) is 2.56. The van der Waals surface area contributed by atoms with Crippen LogP contribution in [-0.2, 0) is 14.3 Å². The van der Waals surface area contributed by atoms with Crippen LogP contribution in [0.2, 0.25) is 0 Å². The SMILES string of the molecule is C=C.C=CCOS(=O)(=O)c1ccccc1.CCCCCCCCCOc1ccccc1.[CaH2]. The fraction of sp³-hybridized carbons (Fsp3) is 0.385. The van der Waals surface area contributed by atoms with Gasteiger partial charge in [-0.15, -0.1) is 19.7 Å². The van der Waals surface area contributed by atoms with Crippen LogP contribution in [0.1, 0.15) is 51.9 Å². The molecule has 0 saturated carbocycles. The van der Waals surface area contributed by atoms with Crippen molar-refractivity contribution in [1.29, 1.82) is 0 Å². The molecule has 0 amide bonds. The van der Waals surface area contributed by atoms with Crippen LogP contribution in [0, 0.1) is 0 Å². The second-order valence-electron chi connectivity index (χ2n) is 6.62. The van der Waals surface area contributed by atoms with Crippen molar-refractivity contribution in [2.45, 2.75) is 56.8 Å². The summed E-state index contributed by atoms with van der Waals surface area (Å²) in [6.07, 6.45) is 10.7. The van der Waals surface area contributed by atoms with Crippen LogP contribution >= 0.6 is 0 Å². The van der Waals surface area contributed by atoms with Crippen LogP contribution < -0.4 is 4.74 Å². The van der Waals surface area contributed by atoms with Crippen LogP contribution in [0.3, 0.4) is 0 Å². The third kappa shape index (κ3) is 17.4. The molecule has 0 aliphatic heterocycles. The molecular formula is C26H40CaO4S. The molecule has 32 heavy (non-hydrogen) atoms. The molecule has 2 aromatic carbocycles. The number of rotatable bonds is 13. The standard InChI is InChI=1S/C15H24O.C9H10O3S.C2H4.Ca.2H/c1-2-3-4-5-6-7-11-14-16-15-12-9-8-10-13-15;1-2-8-12-13(10,11)9-6-4-3-5-7-9;1-2;;;/h8-10,12-13H,2-7,11,14H2,1H3;2-7H,1,8H2;1-2H2;;;. The van der Waals surface area contributed by atoms with Gasteiger partial charge in [-0.1, -0.05) is 87.9 Å². The van der Waals surface area contributed by atoms with E-state index in [0.29, 0.717) is 0 Å². The van der Waals surface area contributed by atoms with E-state index in [1.807, 2.05) is 30.3 Å². The molecule has 6 heteroatoms. The first kappa shape index (κ1) is 33.1. The van der Waals surface area contributed by atoms with E-state index in [1.54, 1.807) is 18.2 Å². The first-order chi connectivity index (χ1) is 15.1. The molecular weight excluding hydrogens is 448 g/mol. The first-order valence-corrected chi connectivity index (χ1v) is 12.2. The number of unbranched alkanes of at least 4 members (excludes halogenated alkanes) is 6. The van der Waals surface area contributed by atoms with E-state index >= 15 is 0 Å². The molecule has 0 unspecified atom stereocenters. The summed E-state index contributed by atoms with van der Waals surface area (Å²) in [6.45, 7) is 12.5. The molecule has 0 aliphatic carbocycles. The average molecular weight is 489 g/mol. The fourth-order valence-corrected chi connectivity index (χ4v) is 3.46. The van der Waals surface area contributed by atoms with Gasteiger partial charge in [0.25, 0.3) is 10.1 Å². The summed E-state index contributed by atoms with van der Waals surface area (Å²) >= 11 is 0. The monoisotopic (exact) mass is 488 g/mol. The molecule has 0 N–H and O–H groups in total.